The Morgan fingerprint density at radius 2 is 1.80 bits per heavy atom. The van der Waals surface area contributed by atoms with E-state index in [1.54, 1.807) is 19.2 Å². The SMILES string of the molecule is COc1ccc(C(NC(C)=O)C(=O)O)c2ccccc12. The molecule has 104 valence electrons. The quantitative estimate of drug-likeness (QED) is 0.894. The summed E-state index contributed by atoms with van der Waals surface area (Å²) in [4.78, 5) is 22.6. The molecule has 20 heavy (non-hydrogen) atoms. The van der Waals surface area contributed by atoms with E-state index in [4.69, 9.17) is 4.74 Å². The Balaban J connectivity index is 2.64. The smallest absolute Gasteiger partial charge is 0.330 e. The average Bonchev–Trinajstić information content (AvgIpc) is 2.43. The van der Waals surface area contributed by atoms with Gasteiger partial charge in [-0.15, -0.1) is 0 Å². The molecule has 0 aliphatic heterocycles. The van der Waals surface area contributed by atoms with E-state index in [0.717, 1.165) is 10.8 Å². The van der Waals surface area contributed by atoms with E-state index in [1.807, 2.05) is 24.3 Å². The molecule has 2 aromatic rings. The van der Waals surface area contributed by atoms with Gasteiger partial charge in [-0.3, -0.25) is 4.79 Å². The van der Waals surface area contributed by atoms with Gasteiger partial charge in [0.2, 0.25) is 5.91 Å². The molecule has 0 saturated heterocycles. The van der Waals surface area contributed by atoms with Crippen molar-refractivity contribution in [1.82, 2.24) is 5.32 Å². The van der Waals surface area contributed by atoms with Gasteiger partial charge in [-0.2, -0.15) is 0 Å². The summed E-state index contributed by atoms with van der Waals surface area (Å²) < 4.78 is 5.27. The maximum absolute atomic E-state index is 11.4. The van der Waals surface area contributed by atoms with E-state index < -0.39 is 17.9 Å². The predicted octanol–water partition coefficient (Wildman–Crippen LogP) is 2.11. The fourth-order valence-electron chi connectivity index (χ4n) is 2.20. The van der Waals surface area contributed by atoms with Crippen LogP contribution in [0.3, 0.4) is 0 Å². The van der Waals surface area contributed by atoms with Crippen molar-refractivity contribution in [3.8, 4) is 5.75 Å². The van der Waals surface area contributed by atoms with Crippen LogP contribution in [0.5, 0.6) is 5.75 Å². The molecule has 5 nitrogen and oxygen atoms in total. The van der Waals surface area contributed by atoms with E-state index in [2.05, 4.69) is 5.32 Å². The van der Waals surface area contributed by atoms with Crippen molar-refractivity contribution in [2.75, 3.05) is 7.11 Å². The Kier molecular flexibility index (Phi) is 3.89. The molecule has 2 rings (SSSR count). The second-order valence-corrected chi connectivity index (χ2v) is 4.37. The van der Waals surface area contributed by atoms with Crippen molar-refractivity contribution in [3.63, 3.8) is 0 Å². The maximum Gasteiger partial charge on any atom is 0.330 e. The largest absolute Gasteiger partial charge is 0.496 e. The predicted molar refractivity (Wildman–Crippen MR) is 74.7 cm³/mol. The first-order chi connectivity index (χ1) is 9.54. The molecule has 0 bridgehead atoms. The van der Waals surface area contributed by atoms with Crippen LogP contribution in [0, 0.1) is 0 Å². The van der Waals surface area contributed by atoms with Crippen molar-refractivity contribution >= 4 is 22.6 Å². The molecule has 0 aliphatic carbocycles. The normalized spacial score (nSPS) is 11.9. The number of hydrogen-bond acceptors (Lipinski definition) is 3. The first-order valence-electron chi connectivity index (χ1n) is 6.10. The summed E-state index contributed by atoms with van der Waals surface area (Å²) in [6.07, 6.45) is 0. The molecular weight excluding hydrogens is 258 g/mol. The molecule has 0 radical (unpaired) electrons. The van der Waals surface area contributed by atoms with Gasteiger partial charge >= 0.3 is 5.97 Å². The van der Waals surface area contributed by atoms with Crippen LogP contribution in [-0.2, 0) is 9.59 Å². The first kappa shape index (κ1) is 13.9. The lowest BCUT2D eigenvalue weighted by Gasteiger charge is -2.17. The van der Waals surface area contributed by atoms with Gasteiger partial charge in [0.15, 0.2) is 6.04 Å². The highest BCUT2D eigenvalue weighted by Gasteiger charge is 2.23. The molecular formula is C15H15NO4. The van der Waals surface area contributed by atoms with E-state index >= 15 is 0 Å². The van der Waals surface area contributed by atoms with Gasteiger partial charge in [-0.05, 0) is 17.0 Å². The molecule has 0 aromatic heterocycles. The molecule has 0 aliphatic rings. The topological polar surface area (TPSA) is 75.6 Å². The Morgan fingerprint density at radius 1 is 1.15 bits per heavy atom. The molecule has 0 fully saturated rings. The summed E-state index contributed by atoms with van der Waals surface area (Å²) in [6.45, 7) is 1.29. The van der Waals surface area contributed by atoms with Crippen molar-refractivity contribution < 1.29 is 19.4 Å². The number of amides is 1. The highest BCUT2D eigenvalue weighted by atomic mass is 16.5. The summed E-state index contributed by atoms with van der Waals surface area (Å²) in [5.41, 5.74) is 0.532. The highest BCUT2D eigenvalue weighted by Crippen LogP contribution is 2.31. The second-order valence-electron chi connectivity index (χ2n) is 4.37. The number of methoxy groups -OCH3 is 1. The van der Waals surface area contributed by atoms with Crippen LogP contribution in [-0.4, -0.2) is 24.1 Å². The fraction of sp³-hybridized carbons (Fsp3) is 0.200. The summed E-state index contributed by atoms with van der Waals surface area (Å²) >= 11 is 0. The molecule has 1 unspecified atom stereocenters. The lowest BCUT2D eigenvalue weighted by atomic mass is 9.98. The van der Waals surface area contributed by atoms with Gasteiger partial charge in [0, 0.05) is 12.3 Å². The van der Waals surface area contributed by atoms with Crippen LogP contribution in [0.1, 0.15) is 18.5 Å². The number of benzene rings is 2. The van der Waals surface area contributed by atoms with E-state index in [1.165, 1.54) is 6.92 Å². The van der Waals surface area contributed by atoms with E-state index in [0.29, 0.717) is 11.3 Å². The van der Waals surface area contributed by atoms with Crippen molar-refractivity contribution in [3.05, 3.63) is 42.0 Å². The van der Waals surface area contributed by atoms with Gasteiger partial charge < -0.3 is 15.2 Å². The highest BCUT2D eigenvalue weighted by molar-refractivity contribution is 5.95. The van der Waals surface area contributed by atoms with E-state index in [-0.39, 0.29) is 0 Å². The van der Waals surface area contributed by atoms with Crippen LogP contribution in [0.15, 0.2) is 36.4 Å². The number of carbonyl (C=O) groups is 2. The Bertz CT molecular complexity index is 666. The molecule has 1 atom stereocenters. The zero-order chi connectivity index (χ0) is 14.7. The number of hydrogen-bond donors (Lipinski definition) is 2. The monoisotopic (exact) mass is 273 g/mol. The van der Waals surface area contributed by atoms with Gasteiger partial charge in [0.25, 0.3) is 0 Å². The van der Waals surface area contributed by atoms with Gasteiger partial charge in [-0.1, -0.05) is 30.3 Å². The lowest BCUT2D eigenvalue weighted by Crippen LogP contribution is -2.32. The number of fused-ring (bicyclic) bond motifs is 1. The zero-order valence-corrected chi connectivity index (χ0v) is 11.2. The van der Waals surface area contributed by atoms with Crippen LogP contribution >= 0.6 is 0 Å². The van der Waals surface area contributed by atoms with Crippen molar-refractivity contribution in [1.29, 1.82) is 0 Å². The number of rotatable bonds is 4. The zero-order valence-electron chi connectivity index (χ0n) is 11.2. The molecule has 5 heteroatoms. The summed E-state index contributed by atoms with van der Waals surface area (Å²) in [5, 5.41) is 13.3. The van der Waals surface area contributed by atoms with Gasteiger partial charge in [0.1, 0.15) is 5.75 Å². The van der Waals surface area contributed by atoms with Crippen molar-refractivity contribution in [2.24, 2.45) is 0 Å². The summed E-state index contributed by atoms with van der Waals surface area (Å²) in [5.74, 6) is -0.830. The lowest BCUT2D eigenvalue weighted by molar-refractivity contribution is -0.141. The number of carbonyl (C=O) groups excluding carboxylic acids is 1. The molecule has 0 saturated carbocycles. The Hall–Kier alpha value is -2.56. The van der Waals surface area contributed by atoms with Crippen LogP contribution in [0.2, 0.25) is 0 Å². The third-order valence-electron chi connectivity index (χ3n) is 3.04. The Labute approximate surface area is 116 Å². The number of carboxylic acids is 1. The number of aliphatic carboxylic acids is 1. The number of nitrogens with one attached hydrogen (secondary N) is 1. The molecule has 2 aromatic carbocycles. The van der Waals surface area contributed by atoms with E-state index in [9.17, 15) is 14.7 Å². The molecule has 2 N–H and O–H groups in total. The summed E-state index contributed by atoms with van der Waals surface area (Å²) in [6, 6.07) is 9.62. The third kappa shape index (κ3) is 2.56. The number of carboxylic acid groups (broad SMARTS) is 1. The van der Waals surface area contributed by atoms with Crippen LogP contribution in [0.4, 0.5) is 0 Å². The minimum Gasteiger partial charge on any atom is -0.496 e. The second kappa shape index (κ2) is 5.61. The minimum absolute atomic E-state index is 0.391. The van der Waals surface area contributed by atoms with Gasteiger partial charge in [0.05, 0.1) is 7.11 Å². The average molecular weight is 273 g/mol. The fourth-order valence-corrected chi connectivity index (χ4v) is 2.20. The maximum atomic E-state index is 11.4. The molecule has 1 amide bonds. The molecule has 0 heterocycles. The third-order valence-corrected chi connectivity index (χ3v) is 3.04. The Morgan fingerprint density at radius 3 is 2.35 bits per heavy atom. The van der Waals surface area contributed by atoms with Crippen molar-refractivity contribution in [2.45, 2.75) is 13.0 Å². The van der Waals surface area contributed by atoms with Crippen LogP contribution in [0.25, 0.3) is 10.8 Å². The van der Waals surface area contributed by atoms with Crippen LogP contribution < -0.4 is 10.1 Å². The number of ether oxygens (including phenoxy) is 1. The standard InChI is InChI=1S/C15H15NO4/c1-9(17)16-14(15(18)19)12-7-8-13(20-2)11-6-4-3-5-10(11)12/h3-8,14H,1-2H3,(H,16,17)(H,18,19). The van der Waals surface area contributed by atoms with Gasteiger partial charge in [-0.25, -0.2) is 4.79 Å². The summed E-state index contributed by atoms with van der Waals surface area (Å²) in [7, 11) is 1.56. The first-order valence-corrected chi connectivity index (χ1v) is 6.10. The minimum atomic E-state index is -1.10. The molecule has 0 spiro atoms.